The number of anilines is 1. The van der Waals surface area contributed by atoms with Crippen LogP contribution in [0.1, 0.15) is 64.9 Å². The first-order valence-corrected chi connectivity index (χ1v) is 10.3. The van der Waals surface area contributed by atoms with Crippen molar-refractivity contribution in [2.75, 3.05) is 11.9 Å². The summed E-state index contributed by atoms with van der Waals surface area (Å²) < 4.78 is 5.09. The minimum Gasteiger partial charge on any atom is -0.444 e. The SMILES string of the molecule is CC(C)(C)OC(=O)NCC(=O)NCc1cccc(NC(=O)CC2CCCCC2)c1. The van der Waals surface area contributed by atoms with Crippen LogP contribution in [0.3, 0.4) is 0 Å². The fourth-order valence-electron chi connectivity index (χ4n) is 3.35. The summed E-state index contributed by atoms with van der Waals surface area (Å²) in [4.78, 5) is 35.8. The van der Waals surface area contributed by atoms with Crippen molar-refractivity contribution in [1.29, 1.82) is 0 Å². The van der Waals surface area contributed by atoms with E-state index in [0.717, 1.165) is 24.1 Å². The van der Waals surface area contributed by atoms with E-state index in [1.807, 2.05) is 24.3 Å². The van der Waals surface area contributed by atoms with Crippen molar-refractivity contribution in [3.8, 4) is 0 Å². The summed E-state index contributed by atoms with van der Waals surface area (Å²) in [6.07, 6.45) is 5.92. The van der Waals surface area contributed by atoms with Crippen molar-refractivity contribution in [3.05, 3.63) is 29.8 Å². The third-order valence-electron chi connectivity index (χ3n) is 4.69. The average Bonchev–Trinajstić information content (AvgIpc) is 2.64. The largest absolute Gasteiger partial charge is 0.444 e. The Morgan fingerprint density at radius 3 is 2.45 bits per heavy atom. The van der Waals surface area contributed by atoms with E-state index < -0.39 is 11.7 Å². The molecule has 0 unspecified atom stereocenters. The van der Waals surface area contributed by atoms with Gasteiger partial charge in [0.1, 0.15) is 12.1 Å². The van der Waals surface area contributed by atoms with E-state index in [9.17, 15) is 14.4 Å². The minimum atomic E-state index is -0.629. The van der Waals surface area contributed by atoms with Gasteiger partial charge in [-0.05, 0) is 57.2 Å². The number of nitrogens with one attached hydrogen (secondary N) is 3. The van der Waals surface area contributed by atoms with Gasteiger partial charge >= 0.3 is 6.09 Å². The molecule has 0 heterocycles. The molecular weight excluding hydrogens is 370 g/mol. The van der Waals surface area contributed by atoms with E-state index in [4.69, 9.17) is 4.74 Å². The first kappa shape index (κ1) is 22.7. The fourth-order valence-corrected chi connectivity index (χ4v) is 3.35. The number of amides is 3. The Hall–Kier alpha value is -2.57. The zero-order valence-electron chi connectivity index (χ0n) is 17.7. The number of hydrogen-bond acceptors (Lipinski definition) is 4. The number of benzene rings is 1. The fraction of sp³-hybridized carbons (Fsp3) is 0.591. The summed E-state index contributed by atoms with van der Waals surface area (Å²) in [6.45, 7) is 5.42. The van der Waals surface area contributed by atoms with Crippen molar-refractivity contribution in [1.82, 2.24) is 10.6 Å². The van der Waals surface area contributed by atoms with Crippen LogP contribution in [-0.2, 0) is 20.9 Å². The van der Waals surface area contributed by atoms with E-state index in [2.05, 4.69) is 16.0 Å². The Kier molecular flexibility index (Phi) is 8.49. The first-order chi connectivity index (χ1) is 13.7. The standard InChI is InChI=1S/C22H33N3O4/c1-22(2,3)29-21(28)24-15-20(27)23-14-17-10-7-11-18(12-17)25-19(26)13-16-8-5-4-6-9-16/h7,10-12,16H,4-6,8-9,13-15H2,1-3H3,(H,23,27)(H,24,28)(H,25,26). The summed E-state index contributed by atoms with van der Waals surface area (Å²) in [5, 5.41) is 8.12. The Bertz CT molecular complexity index is 706. The molecule has 0 aromatic heterocycles. The maximum Gasteiger partial charge on any atom is 0.408 e. The second kappa shape index (κ2) is 10.8. The van der Waals surface area contributed by atoms with Gasteiger partial charge in [-0.25, -0.2) is 4.79 Å². The van der Waals surface area contributed by atoms with Gasteiger partial charge in [0.05, 0.1) is 0 Å². The van der Waals surface area contributed by atoms with Crippen molar-refractivity contribution in [2.24, 2.45) is 5.92 Å². The Morgan fingerprint density at radius 1 is 1.03 bits per heavy atom. The van der Waals surface area contributed by atoms with Gasteiger partial charge in [-0.1, -0.05) is 31.4 Å². The highest BCUT2D eigenvalue weighted by atomic mass is 16.6. The molecule has 29 heavy (non-hydrogen) atoms. The van der Waals surface area contributed by atoms with Crippen molar-refractivity contribution >= 4 is 23.6 Å². The lowest BCUT2D eigenvalue weighted by molar-refractivity contribution is -0.120. The normalized spacial score (nSPS) is 14.7. The molecule has 1 fully saturated rings. The zero-order valence-corrected chi connectivity index (χ0v) is 17.7. The Labute approximate surface area is 173 Å². The lowest BCUT2D eigenvalue weighted by Gasteiger charge is -2.20. The molecule has 0 aliphatic heterocycles. The second-order valence-electron chi connectivity index (χ2n) is 8.59. The third-order valence-corrected chi connectivity index (χ3v) is 4.69. The molecule has 7 heteroatoms. The number of hydrogen-bond donors (Lipinski definition) is 3. The molecule has 160 valence electrons. The average molecular weight is 404 g/mol. The molecular formula is C22H33N3O4. The van der Waals surface area contributed by atoms with Gasteiger partial charge in [0.2, 0.25) is 11.8 Å². The quantitative estimate of drug-likeness (QED) is 0.646. The van der Waals surface area contributed by atoms with Crippen LogP contribution in [0, 0.1) is 5.92 Å². The van der Waals surface area contributed by atoms with E-state index in [1.54, 1.807) is 20.8 Å². The van der Waals surface area contributed by atoms with E-state index >= 15 is 0 Å². The number of rotatable bonds is 7. The Morgan fingerprint density at radius 2 is 1.76 bits per heavy atom. The molecule has 1 aromatic carbocycles. The lowest BCUT2D eigenvalue weighted by atomic mass is 9.87. The first-order valence-electron chi connectivity index (χ1n) is 10.3. The second-order valence-corrected chi connectivity index (χ2v) is 8.59. The van der Waals surface area contributed by atoms with Gasteiger partial charge < -0.3 is 20.7 Å². The number of carbonyl (C=O) groups is 3. The van der Waals surface area contributed by atoms with Crippen LogP contribution in [0.25, 0.3) is 0 Å². The molecule has 1 aliphatic rings. The molecule has 7 nitrogen and oxygen atoms in total. The molecule has 2 rings (SSSR count). The van der Waals surface area contributed by atoms with Gasteiger partial charge in [-0.2, -0.15) is 0 Å². The molecule has 0 radical (unpaired) electrons. The molecule has 1 aromatic rings. The van der Waals surface area contributed by atoms with Gasteiger partial charge in [-0.15, -0.1) is 0 Å². The van der Waals surface area contributed by atoms with E-state index in [1.165, 1.54) is 19.3 Å². The Balaban J connectivity index is 1.73. The summed E-state index contributed by atoms with van der Waals surface area (Å²) in [7, 11) is 0. The topological polar surface area (TPSA) is 96.5 Å². The molecule has 3 amide bonds. The lowest BCUT2D eigenvalue weighted by Crippen LogP contribution is -2.39. The van der Waals surface area contributed by atoms with Crippen molar-refractivity contribution in [2.45, 2.75) is 71.4 Å². The predicted octanol–water partition coefficient (Wildman–Crippen LogP) is 3.74. The minimum absolute atomic E-state index is 0.0413. The summed E-state index contributed by atoms with van der Waals surface area (Å²) in [6, 6.07) is 7.41. The maximum absolute atomic E-state index is 12.3. The van der Waals surface area contributed by atoms with Gasteiger partial charge in [0.25, 0.3) is 0 Å². The number of alkyl carbamates (subject to hydrolysis) is 1. The zero-order chi connectivity index (χ0) is 21.3. The number of carbonyl (C=O) groups excluding carboxylic acids is 3. The highest BCUT2D eigenvalue weighted by Gasteiger charge is 2.18. The summed E-state index contributed by atoms with van der Waals surface area (Å²) >= 11 is 0. The highest BCUT2D eigenvalue weighted by Crippen LogP contribution is 2.26. The van der Waals surface area contributed by atoms with E-state index in [0.29, 0.717) is 18.9 Å². The molecule has 0 saturated heterocycles. The molecule has 3 N–H and O–H groups in total. The van der Waals surface area contributed by atoms with Crippen LogP contribution < -0.4 is 16.0 Å². The van der Waals surface area contributed by atoms with Gasteiger partial charge in [0.15, 0.2) is 0 Å². The highest BCUT2D eigenvalue weighted by molar-refractivity contribution is 5.91. The molecule has 1 saturated carbocycles. The summed E-state index contributed by atoms with van der Waals surface area (Å²) in [5.41, 5.74) is 0.984. The van der Waals surface area contributed by atoms with Crippen LogP contribution in [-0.4, -0.2) is 30.1 Å². The maximum atomic E-state index is 12.3. The molecule has 0 bridgehead atoms. The van der Waals surface area contributed by atoms with Gasteiger partial charge in [0, 0.05) is 18.7 Å². The van der Waals surface area contributed by atoms with Crippen LogP contribution in [0.15, 0.2) is 24.3 Å². The monoisotopic (exact) mass is 403 g/mol. The number of ether oxygens (including phenoxy) is 1. The van der Waals surface area contributed by atoms with Crippen molar-refractivity contribution in [3.63, 3.8) is 0 Å². The smallest absolute Gasteiger partial charge is 0.408 e. The molecule has 0 atom stereocenters. The predicted molar refractivity (Wildman–Crippen MR) is 112 cm³/mol. The molecule has 0 spiro atoms. The van der Waals surface area contributed by atoms with Crippen LogP contribution in [0.5, 0.6) is 0 Å². The van der Waals surface area contributed by atoms with E-state index in [-0.39, 0.29) is 18.4 Å². The van der Waals surface area contributed by atoms with Crippen LogP contribution in [0.2, 0.25) is 0 Å². The van der Waals surface area contributed by atoms with Crippen LogP contribution in [0.4, 0.5) is 10.5 Å². The van der Waals surface area contributed by atoms with Crippen molar-refractivity contribution < 1.29 is 19.1 Å². The van der Waals surface area contributed by atoms with Gasteiger partial charge in [-0.3, -0.25) is 9.59 Å². The third kappa shape index (κ3) is 9.45. The molecule has 1 aliphatic carbocycles. The van der Waals surface area contributed by atoms with Crippen LogP contribution >= 0.6 is 0 Å². The summed E-state index contributed by atoms with van der Waals surface area (Å²) in [5.74, 6) is 0.214.